The Morgan fingerprint density at radius 3 is 2.21 bits per heavy atom. The summed E-state index contributed by atoms with van der Waals surface area (Å²) in [5.41, 5.74) is 2.85. The molecule has 0 fully saturated rings. The molecule has 1 aromatic carbocycles. The van der Waals surface area contributed by atoms with Gasteiger partial charge >= 0.3 is 5.97 Å². The summed E-state index contributed by atoms with van der Waals surface area (Å²) in [7, 11) is -3.84. The lowest BCUT2D eigenvalue weighted by Crippen LogP contribution is -2.28. The Morgan fingerprint density at radius 1 is 1.07 bits per heavy atom. The minimum atomic E-state index is -3.84. The molecule has 1 unspecified atom stereocenters. The number of benzene rings is 1. The first-order valence-electron chi connectivity index (χ1n) is 10.0. The molecule has 0 N–H and O–H groups in total. The molecule has 0 amide bonds. The Labute approximate surface area is 175 Å². The highest BCUT2D eigenvalue weighted by Gasteiger charge is 2.30. The fourth-order valence-corrected chi connectivity index (χ4v) is 4.13. The van der Waals surface area contributed by atoms with Gasteiger partial charge in [0.1, 0.15) is 0 Å². The van der Waals surface area contributed by atoms with Gasteiger partial charge in [-0.2, -0.15) is 8.42 Å². The molecular formula is C23H34O5S. The van der Waals surface area contributed by atoms with Crippen molar-refractivity contribution in [1.82, 2.24) is 0 Å². The van der Waals surface area contributed by atoms with Gasteiger partial charge in [-0.05, 0) is 71.4 Å². The molecule has 6 heteroatoms. The van der Waals surface area contributed by atoms with Gasteiger partial charge < -0.3 is 4.74 Å². The minimum absolute atomic E-state index is 0.0237. The van der Waals surface area contributed by atoms with Gasteiger partial charge in [-0.25, -0.2) is 0 Å². The molecule has 0 heterocycles. The fourth-order valence-electron chi connectivity index (χ4n) is 3.21. The molecule has 0 bridgehead atoms. The maximum Gasteiger partial charge on any atom is 0.309 e. The second-order valence-electron chi connectivity index (χ2n) is 7.54. The zero-order valence-electron chi connectivity index (χ0n) is 18.1. The van der Waals surface area contributed by atoms with Gasteiger partial charge in [0.05, 0.1) is 24.0 Å². The van der Waals surface area contributed by atoms with Crippen LogP contribution in [0, 0.1) is 18.8 Å². The van der Waals surface area contributed by atoms with Crippen molar-refractivity contribution in [2.45, 2.75) is 58.3 Å². The summed E-state index contributed by atoms with van der Waals surface area (Å²) in [6, 6.07) is 6.51. The van der Waals surface area contributed by atoms with E-state index in [0.29, 0.717) is 19.4 Å². The summed E-state index contributed by atoms with van der Waals surface area (Å²) < 4.78 is 35.3. The Bertz CT molecular complexity index is 793. The molecule has 1 aromatic rings. The molecule has 0 aliphatic rings. The number of esters is 1. The molecule has 1 rings (SSSR count). The van der Waals surface area contributed by atoms with Crippen LogP contribution in [0.2, 0.25) is 0 Å². The first kappa shape index (κ1) is 25.1. The van der Waals surface area contributed by atoms with Gasteiger partial charge in [0.15, 0.2) is 0 Å². The van der Waals surface area contributed by atoms with Crippen LogP contribution in [0.4, 0.5) is 0 Å². The van der Waals surface area contributed by atoms with Crippen molar-refractivity contribution in [2.75, 3.05) is 13.2 Å². The van der Waals surface area contributed by atoms with E-state index in [2.05, 4.69) is 13.2 Å². The molecule has 29 heavy (non-hydrogen) atoms. The highest BCUT2D eigenvalue weighted by molar-refractivity contribution is 7.86. The molecule has 0 aliphatic carbocycles. The van der Waals surface area contributed by atoms with Crippen molar-refractivity contribution in [3.63, 3.8) is 0 Å². The number of aryl methyl sites for hydroxylation is 1. The van der Waals surface area contributed by atoms with Crippen LogP contribution in [0.15, 0.2) is 53.5 Å². The van der Waals surface area contributed by atoms with Crippen molar-refractivity contribution >= 4 is 16.1 Å². The summed E-state index contributed by atoms with van der Waals surface area (Å²) in [6.07, 6.45) is 2.65. The smallest absolute Gasteiger partial charge is 0.309 e. The summed E-state index contributed by atoms with van der Waals surface area (Å²) in [4.78, 5) is 12.7. The van der Waals surface area contributed by atoms with Gasteiger partial charge in [-0.15, -0.1) is 6.58 Å². The quantitative estimate of drug-likeness (QED) is 0.248. The van der Waals surface area contributed by atoms with Crippen LogP contribution in [0.3, 0.4) is 0 Å². The molecule has 0 saturated carbocycles. The lowest BCUT2D eigenvalue weighted by Gasteiger charge is -2.26. The largest absolute Gasteiger partial charge is 0.466 e. The Hall–Kier alpha value is -1.92. The van der Waals surface area contributed by atoms with E-state index in [-0.39, 0.29) is 29.3 Å². The number of hydrogen-bond donors (Lipinski definition) is 0. The van der Waals surface area contributed by atoms with Crippen LogP contribution < -0.4 is 0 Å². The molecular weight excluding hydrogens is 388 g/mol. The van der Waals surface area contributed by atoms with Crippen LogP contribution in [0.5, 0.6) is 0 Å². The predicted molar refractivity (Wildman–Crippen MR) is 116 cm³/mol. The molecule has 0 spiro atoms. The van der Waals surface area contributed by atoms with E-state index in [1.54, 1.807) is 19.1 Å². The van der Waals surface area contributed by atoms with Gasteiger partial charge in [0.25, 0.3) is 10.1 Å². The van der Waals surface area contributed by atoms with Crippen molar-refractivity contribution in [2.24, 2.45) is 11.8 Å². The normalized spacial score (nSPS) is 13.5. The fraction of sp³-hybridized carbons (Fsp3) is 0.522. The summed E-state index contributed by atoms with van der Waals surface area (Å²) >= 11 is 0. The van der Waals surface area contributed by atoms with E-state index in [1.807, 2.05) is 20.8 Å². The Kier molecular flexibility index (Phi) is 10.3. The maximum atomic E-state index is 12.5. The van der Waals surface area contributed by atoms with Gasteiger partial charge in [-0.1, -0.05) is 35.4 Å². The molecule has 2 atom stereocenters. The lowest BCUT2D eigenvalue weighted by atomic mass is 9.81. The monoisotopic (exact) mass is 422 g/mol. The molecule has 5 nitrogen and oxygen atoms in total. The molecule has 0 saturated heterocycles. The van der Waals surface area contributed by atoms with Crippen molar-refractivity contribution in [3.05, 3.63) is 54.1 Å². The van der Waals surface area contributed by atoms with Crippen LogP contribution in [-0.2, 0) is 23.8 Å². The van der Waals surface area contributed by atoms with E-state index < -0.39 is 10.1 Å². The summed E-state index contributed by atoms with van der Waals surface area (Å²) in [5, 5.41) is 0. The standard InChI is InChI=1S/C23H34O5S/c1-7-27-23(24)22(10-8-9-17(2)3)21(18(4)5)15-16-28-29(25,26)20-13-11-19(6)12-14-20/h11-14,21-22H,2,4,7-10,15-16H2,1,3,5-6H3/t21-,22?/m0/s1. The molecule has 0 aromatic heterocycles. The lowest BCUT2D eigenvalue weighted by molar-refractivity contribution is -0.150. The van der Waals surface area contributed by atoms with Crippen molar-refractivity contribution < 1.29 is 22.1 Å². The highest BCUT2D eigenvalue weighted by atomic mass is 32.2. The van der Waals surface area contributed by atoms with Gasteiger partial charge in [0.2, 0.25) is 0 Å². The summed E-state index contributed by atoms with van der Waals surface area (Å²) in [6.45, 7) is 15.7. The van der Waals surface area contributed by atoms with Crippen molar-refractivity contribution in [3.8, 4) is 0 Å². The number of hydrogen-bond acceptors (Lipinski definition) is 5. The Balaban J connectivity index is 2.83. The highest BCUT2D eigenvalue weighted by Crippen LogP contribution is 2.30. The number of allylic oxidation sites excluding steroid dienone is 2. The number of carbonyl (C=O) groups is 1. The van der Waals surface area contributed by atoms with Crippen LogP contribution >= 0.6 is 0 Å². The second-order valence-corrected chi connectivity index (χ2v) is 9.15. The van der Waals surface area contributed by atoms with E-state index in [9.17, 15) is 13.2 Å². The first-order chi connectivity index (χ1) is 13.6. The first-order valence-corrected chi connectivity index (χ1v) is 11.4. The molecule has 0 aliphatic heterocycles. The van der Waals surface area contributed by atoms with Gasteiger partial charge in [-0.3, -0.25) is 8.98 Å². The van der Waals surface area contributed by atoms with Gasteiger partial charge in [0, 0.05) is 0 Å². The number of rotatable bonds is 13. The topological polar surface area (TPSA) is 69.7 Å². The van der Waals surface area contributed by atoms with E-state index in [4.69, 9.17) is 8.92 Å². The van der Waals surface area contributed by atoms with Crippen molar-refractivity contribution in [1.29, 1.82) is 0 Å². The van der Waals surface area contributed by atoms with E-state index in [0.717, 1.165) is 29.6 Å². The third kappa shape index (κ3) is 8.54. The SMILES string of the molecule is C=C(C)CCCC(C(=O)OCC)[C@@H](CCOS(=O)(=O)c1ccc(C)cc1)C(=C)C. The zero-order chi connectivity index (χ0) is 22.0. The third-order valence-corrected chi connectivity index (χ3v) is 6.13. The molecule has 162 valence electrons. The van der Waals surface area contributed by atoms with E-state index in [1.165, 1.54) is 12.1 Å². The maximum absolute atomic E-state index is 12.5. The zero-order valence-corrected chi connectivity index (χ0v) is 18.9. The Morgan fingerprint density at radius 2 is 1.69 bits per heavy atom. The molecule has 0 radical (unpaired) electrons. The van der Waals surface area contributed by atoms with Crippen LogP contribution in [0.1, 0.15) is 52.0 Å². The number of carbonyl (C=O) groups excluding carboxylic acids is 1. The average Bonchev–Trinajstić information content (AvgIpc) is 2.63. The summed E-state index contributed by atoms with van der Waals surface area (Å²) in [5.74, 6) is -0.867. The number of ether oxygens (including phenoxy) is 1. The average molecular weight is 423 g/mol. The van der Waals surface area contributed by atoms with Crippen LogP contribution in [-0.4, -0.2) is 27.6 Å². The van der Waals surface area contributed by atoms with Crippen LogP contribution in [0.25, 0.3) is 0 Å². The third-order valence-electron chi connectivity index (χ3n) is 4.80. The minimum Gasteiger partial charge on any atom is -0.466 e. The second kappa shape index (κ2) is 11.9. The van der Waals surface area contributed by atoms with E-state index >= 15 is 0 Å². The predicted octanol–water partition coefficient (Wildman–Crippen LogP) is 5.21.